The van der Waals surface area contributed by atoms with Crippen molar-refractivity contribution in [3.63, 3.8) is 0 Å². The van der Waals surface area contributed by atoms with Crippen molar-refractivity contribution in [2.75, 3.05) is 5.32 Å². The minimum absolute atomic E-state index is 0.0607. The van der Waals surface area contributed by atoms with E-state index in [4.69, 9.17) is 0 Å². The molecule has 0 bridgehead atoms. The molecular formula is C22H21N3O2. The molecule has 2 unspecified atom stereocenters. The Morgan fingerprint density at radius 2 is 1.78 bits per heavy atom. The number of benzene rings is 2. The largest absolute Gasteiger partial charge is 0.352 e. The van der Waals surface area contributed by atoms with Gasteiger partial charge in [0.05, 0.1) is 23.0 Å². The number of carbonyl (C=O) groups is 2. The fourth-order valence-corrected chi connectivity index (χ4v) is 3.33. The molecule has 2 N–H and O–H groups in total. The highest BCUT2D eigenvalue weighted by atomic mass is 16.2. The number of hydrogen-bond donors (Lipinski definition) is 2. The van der Waals surface area contributed by atoms with Gasteiger partial charge in [-0.3, -0.25) is 14.6 Å². The summed E-state index contributed by atoms with van der Waals surface area (Å²) in [6.07, 6.45) is 2.29. The molecule has 0 spiro atoms. The number of nitrogens with zero attached hydrogens (tertiary/aromatic N) is 1. The highest BCUT2D eigenvalue weighted by Gasteiger charge is 2.48. The van der Waals surface area contributed by atoms with Crippen LogP contribution in [-0.4, -0.2) is 16.8 Å². The van der Waals surface area contributed by atoms with Gasteiger partial charge in [-0.1, -0.05) is 42.5 Å². The maximum atomic E-state index is 12.5. The molecule has 1 aliphatic rings. The van der Waals surface area contributed by atoms with E-state index in [1.165, 1.54) is 0 Å². The fraction of sp³-hybridized carbons (Fsp3) is 0.227. The second-order valence-corrected chi connectivity index (χ2v) is 6.96. The summed E-state index contributed by atoms with van der Waals surface area (Å²) < 4.78 is 0. The van der Waals surface area contributed by atoms with E-state index < -0.39 is 0 Å². The van der Waals surface area contributed by atoms with E-state index in [1.54, 1.807) is 6.20 Å². The molecule has 0 aliphatic heterocycles. The van der Waals surface area contributed by atoms with Gasteiger partial charge >= 0.3 is 0 Å². The topological polar surface area (TPSA) is 71.1 Å². The maximum absolute atomic E-state index is 12.5. The summed E-state index contributed by atoms with van der Waals surface area (Å²) in [5.41, 5.74) is 3.68. The molecule has 136 valence electrons. The summed E-state index contributed by atoms with van der Waals surface area (Å²) in [5.74, 6) is -0.712. The van der Waals surface area contributed by atoms with Crippen LogP contribution in [0.15, 0.2) is 60.8 Å². The number of carbonyl (C=O) groups excluding carboxylic acids is 2. The number of fused-ring (bicyclic) bond motifs is 1. The van der Waals surface area contributed by atoms with Crippen molar-refractivity contribution >= 4 is 28.4 Å². The highest BCUT2D eigenvalue weighted by molar-refractivity contribution is 6.04. The quantitative estimate of drug-likeness (QED) is 0.733. The molecule has 1 aromatic heterocycles. The number of aryl methyl sites for hydroxylation is 1. The second kappa shape index (κ2) is 7.19. The van der Waals surface area contributed by atoms with Crippen LogP contribution in [0.1, 0.15) is 17.5 Å². The molecule has 2 atom stereocenters. The fourth-order valence-electron chi connectivity index (χ4n) is 3.33. The minimum Gasteiger partial charge on any atom is -0.352 e. The lowest BCUT2D eigenvalue weighted by molar-refractivity contribution is -0.125. The van der Waals surface area contributed by atoms with Crippen LogP contribution in [0.4, 0.5) is 5.69 Å². The average Bonchev–Trinajstić information content (AvgIpc) is 3.49. The van der Waals surface area contributed by atoms with Crippen molar-refractivity contribution in [2.45, 2.75) is 19.9 Å². The molecule has 5 heteroatoms. The van der Waals surface area contributed by atoms with Crippen LogP contribution in [0.5, 0.6) is 0 Å². The Bertz CT molecular complexity index is 1010. The standard InChI is InChI=1S/C22H21N3O2/c1-14-6-2-3-7-16(14)13-24-21(26)17-12-18(17)22(27)25-19-10-4-8-15-9-5-11-23-20(15)19/h2-11,17-18H,12-13H2,1H3,(H,24,26)(H,25,27). The van der Waals surface area contributed by atoms with Gasteiger partial charge in [0.15, 0.2) is 0 Å². The first-order chi connectivity index (χ1) is 13.1. The van der Waals surface area contributed by atoms with Gasteiger partial charge in [-0.15, -0.1) is 0 Å². The summed E-state index contributed by atoms with van der Waals surface area (Å²) in [7, 11) is 0. The number of nitrogens with one attached hydrogen (secondary N) is 2. The minimum atomic E-state index is -0.277. The molecule has 27 heavy (non-hydrogen) atoms. The first-order valence-electron chi connectivity index (χ1n) is 9.10. The summed E-state index contributed by atoms with van der Waals surface area (Å²) >= 11 is 0. The number of pyridine rings is 1. The van der Waals surface area contributed by atoms with Crippen LogP contribution in [0.3, 0.4) is 0 Å². The van der Waals surface area contributed by atoms with Crippen LogP contribution in [-0.2, 0) is 16.1 Å². The first-order valence-corrected chi connectivity index (χ1v) is 9.10. The molecule has 3 aromatic rings. The zero-order valence-corrected chi connectivity index (χ0v) is 15.1. The molecule has 0 saturated heterocycles. The van der Waals surface area contributed by atoms with Crippen molar-refractivity contribution in [1.82, 2.24) is 10.3 Å². The number of hydrogen-bond acceptors (Lipinski definition) is 3. The van der Waals surface area contributed by atoms with Gasteiger partial charge in [0.2, 0.25) is 11.8 Å². The molecule has 1 fully saturated rings. The lowest BCUT2D eigenvalue weighted by atomic mass is 10.1. The molecular weight excluding hydrogens is 338 g/mol. The highest BCUT2D eigenvalue weighted by Crippen LogP contribution is 2.40. The maximum Gasteiger partial charge on any atom is 0.228 e. The van der Waals surface area contributed by atoms with Crippen LogP contribution in [0.25, 0.3) is 10.9 Å². The third kappa shape index (κ3) is 3.67. The third-order valence-electron chi connectivity index (χ3n) is 5.07. The zero-order valence-electron chi connectivity index (χ0n) is 15.1. The first kappa shape index (κ1) is 17.2. The molecule has 1 saturated carbocycles. The molecule has 2 amide bonds. The van der Waals surface area contributed by atoms with E-state index in [0.29, 0.717) is 18.7 Å². The molecule has 2 aromatic carbocycles. The lowest BCUT2D eigenvalue weighted by Gasteiger charge is -2.09. The van der Waals surface area contributed by atoms with Crippen LogP contribution >= 0.6 is 0 Å². The number of para-hydroxylation sites is 1. The number of rotatable bonds is 5. The van der Waals surface area contributed by atoms with Crippen molar-refractivity contribution in [1.29, 1.82) is 0 Å². The summed E-state index contributed by atoms with van der Waals surface area (Å²) in [6, 6.07) is 17.5. The Kier molecular flexibility index (Phi) is 4.59. The van der Waals surface area contributed by atoms with E-state index in [2.05, 4.69) is 15.6 Å². The van der Waals surface area contributed by atoms with Gasteiger partial charge in [-0.2, -0.15) is 0 Å². The van der Waals surface area contributed by atoms with Gasteiger partial charge in [0.1, 0.15) is 0 Å². The Morgan fingerprint density at radius 1 is 1.00 bits per heavy atom. The predicted octanol–water partition coefficient (Wildman–Crippen LogP) is 3.43. The van der Waals surface area contributed by atoms with E-state index in [9.17, 15) is 9.59 Å². The number of aromatic nitrogens is 1. The van der Waals surface area contributed by atoms with Gasteiger partial charge < -0.3 is 10.6 Å². The summed E-state index contributed by atoms with van der Waals surface area (Å²) in [6.45, 7) is 2.51. The van der Waals surface area contributed by atoms with Crippen molar-refractivity contribution < 1.29 is 9.59 Å². The molecule has 4 rings (SSSR count). The van der Waals surface area contributed by atoms with Crippen LogP contribution < -0.4 is 10.6 Å². The summed E-state index contributed by atoms with van der Waals surface area (Å²) in [4.78, 5) is 29.3. The summed E-state index contributed by atoms with van der Waals surface area (Å²) in [5, 5.41) is 6.85. The number of amides is 2. The third-order valence-corrected chi connectivity index (χ3v) is 5.07. The number of anilines is 1. The van der Waals surface area contributed by atoms with Crippen molar-refractivity contribution in [3.8, 4) is 0 Å². The predicted molar refractivity (Wildman–Crippen MR) is 105 cm³/mol. The van der Waals surface area contributed by atoms with Crippen molar-refractivity contribution in [2.24, 2.45) is 11.8 Å². The Balaban J connectivity index is 1.36. The van der Waals surface area contributed by atoms with Crippen molar-refractivity contribution in [3.05, 3.63) is 71.9 Å². The molecule has 0 radical (unpaired) electrons. The smallest absolute Gasteiger partial charge is 0.228 e. The van der Waals surface area contributed by atoms with E-state index in [0.717, 1.165) is 22.0 Å². The van der Waals surface area contributed by atoms with Crippen LogP contribution in [0.2, 0.25) is 0 Å². The zero-order chi connectivity index (χ0) is 18.8. The molecule has 1 aliphatic carbocycles. The van der Waals surface area contributed by atoms with Gasteiger partial charge in [-0.05, 0) is 36.6 Å². The SMILES string of the molecule is Cc1ccccc1CNC(=O)C1CC1C(=O)Nc1cccc2cccnc12. The molecule has 1 heterocycles. The van der Waals surface area contributed by atoms with E-state index in [-0.39, 0.29) is 23.7 Å². The van der Waals surface area contributed by atoms with Gasteiger partial charge in [0, 0.05) is 18.1 Å². The van der Waals surface area contributed by atoms with E-state index in [1.807, 2.05) is 61.5 Å². The van der Waals surface area contributed by atoms with E-state index >= 15 is 0 Å². The Labute approximate surface area is 157 Å². The van der Waals surface area contributed by atoms with Gasteiger partial charge in [-0.25, -0.2) is 0 Å². The lowest BCUT2D eigenvalue weighted by Crippen LogP contribution is -2.27. The van der Waals surface area contributed by atoms with Crippen LogP contribution in [0, 0.1) is 18.8 Å². The Hall–Kier alpha value is -3.21. The Morgan fingerprint density at radius 3 is 2.63 bits per heavy atom. The second-order valence-electron chi connectivity index (χ2n) is 6.96. The van der Waals surface area contributed by atoms with Gasteiger partial charge in [0.25, 0.3) is 0 Å². The average molecular weight is 359 g/mol. The molecule has 5 nitrogen and oxygen atoms in total. The normalized spacial score (nSPS) is 18.1. The monoisotopic (exact) mass is 359 g/mol.